The van der Waals surface area contributed by atoms with Crippen molar-refractivity contribution in [3.8, 4) is 17.1 Å². The Balaban J connectivity index is 0.00000139. The van der Waals surface area contributed by atoms with Crippen LogP contribution in [-0.2, 0) is 4.79 Å². The number of rotatable bonds is 6. The molecule has 24 heavy (non-hydrogen) atoms. The molecule has 1 atom stereocenters. The summed E-state index contributed by atoms with van der Waals surface area (Å²) < 4.78 is 10.6. The standard InChI is InChI=1S/C16H21N3O3.C2H6/c1-10(2)6-13(17)16(20)19-11-4-5-12(14(7-11)21-3)15-8-18-9-22-15;1-2/h4-5,7-10,13H,6,17H2,1-3H3,(H,19,20);1-2H3. The summed E-state index contributed by atoms with van der Waals surface area (Å²) in [7, 11) is 1.56. The van der Waals surface area contributed by atoms with E-state index in [1.165, 1.54) is 6.39 Å². The van der Waals surface area contributed by atoms with E-state index in [1.807, 2.05) is 33.8 Å². The number of hydrogen-bond acceptors (Lipinski definition) is 5. The molecule has 1 unspecified atom stereocenters. The van der Waals surface area contributed by atoms with Crippen LogP contribution in [0.5, 0.6) is 5.75 Å². The van der Waals surface area contributed by atoms with Gasteiger partial charge in [-0.25, -0.2) is 4.98 Å². The van der Waals surface area contributed by atoms with E-state index in [0.717, 1.165) is 5.56 Å². The van der Waals surface area contributed by atoms with Gasteiger partial charge in [0.15, 0.2) is 12.2 Å². The quantitative estimate of drug-likeness (QED) is 0.841. The number of benzene rings is 1. The van der Waals surface area contributed by atoms with E-state index in [9.17, 15) is 4.79 Å². The summed E-state index contributed by atoms with van der Waals surface area (Å²) in [6.45, 7) is 8.06. The maximum absolute atomic E-state index is 12.1. The number of carbonyl (C=O) groups excluding carboxylic acids is 1. The summed E-state index contributed by atoms with van der Waals surface area (Å²) in [5.74, 6) is 1.35. The molecule has 1 heterocycles. The molecule has 0 radical (unpaired) electrons. The fraction of sp³-hybridized carbons (Fsp3) is 0.444. The van der Waals surface area contributed by atoms with Crippen molar-refractivity contribution in [1.82, 2.24) is 4.98 Å². The Hall–Kier alpha value is -2.34. The van der Waals surface area contributed by atoms with Gasteiger partial charge in [0.1, 0.15) is 5.75 Å². The van der Waals surface area contributed by atoms with Crippen LogP contribution in [0.4, 0.5) is 5.69 Å². The third-order valence-corrected chi connectivity index (χ3v) is 3.23. The summed E-state index contributed by atoms with van der Waals surface area (Å²) in [5, 5.41) is 2.80. The van der Waals surface area contributed by atoms with Crippen molar-refractivity contribution in [3.63, 3.8) is 0 Å². The smallest absolute Gasteiger partial charge is 0.241 e. The number of nitrogens with zero attached hydrogens (tertiary/aromatic N) is 1. The van der Waals surface area contributed by atoms with E-state index in [2.05, 4.69) is 10.3 Å². The molecule has 0 aliphatic carbocycles. The second-order valence-corrected chi connectivity index (χ2v) is 5.51. The van der Waals surface area contributed by atoms with E-state index in [1.54, 1.807) is 25.4 Å². The van der Waals surface area contributed by atoms with Crippen LogP contribution in [0.3, 0.4) is 0 Å². The van der Waals surface area contributed by atoms with Crippen molar-refractivity contribution < 1.29 is 13.9 Å². The monoisotopic (exact) mass is 333 g/mol. The number of ether oxygens (including phenoxy) is 1. The van der Waals surface area contributed by atoms with Gasteiger partial charge < -0.3 is 20.2 Å². The lowest BCUT2D eigenvalue weighted by Crippen LogP contribution is -2.36. The molecular weight excluding hydrogens is 306 g/mol. The maximum atomic E-state index is 12.1. The van der Waals surface area contributed by atoms with Crippen LogP contribution in [0.15, 0.2) is 35.2 Å². The average Bonchev–Trinajstić information content (AvgIpc) is 3.10. The van der Waals surface area contributed by atoms with Gasteiger partial charge in [-0.15, -0.1) is 0 Å². The van der Waals surface area contributed by atoms with Gasteiger partial charge in [-0.05, 0) is 24.5 Å². The first-order valence-electron chi connectivity index (χ1n) is 8.14. The average molecular weight is 333 g/mol. The first-order valence-corrected chi connectivity index (χ1v) is 8.14. The van der Waals surface area contributed by atoms with Crippen molar-refractivity contribution in [2.75, 3.05) is 12.4 Å². The molecule has 0 saturated carbocycles. The van der Waals surface area contributed by atoms with Crippen molar-refractivity contribution >= 4 is 11.6 Å². The SMILES string of the molecule is CC.COc1cc(NC(=O)C(N)CC(C)C)ccc1-c1cnco1. The first-order chi connectivity index (χ1) is 11.5. The number of amides is 1. The molecule has 0 aliphatic rings. The minimum Gasteiger partial charge on any atom is -0.496 e. The Kier molecular flexibility index (Phi) is 7.98. The summed E-state index contributed by atoms with van der Waals surface area (Å²) in [6, 6.07) is 4.79. The predicted molar refractivity (Wildman–Crippen MR) is 95.9 cm³/mol. The lowest BCUT2D eigenvalue weighted by molar-refractivity contribution is -0.117. The van der Waals surface area contributed by atoms with Gasteiger partial charge in [0.05, 0.1) is 24.9 Å². The van der Waals surface area contributed by atoms with E-state index >= 15 is 0 Å². The zero-order chi connectivity index (χ0) is 18.1. The highest BCUT2D eigenvalue weighted by atomic mass is 16.5. The molecule has 0 aliphatic heterocycles. The number of oxazole rings is 1. The fourth-order valence-electron chi connectivity index (χ4n) is 2.17. The molecular formula is C18H27N3O3. The third-order valence-electron chi connectivity index (χ3n) is 3.23. The molecule has 0 bridgehead atoms. The number of carbonyl (C=O) groups is 1. The van der Waals surface area contributed by atoms with Crippen LogP contribution in [0.2, 0.25) is 0 Å². The lowest BCUT2D eigenvalue weighted by Gasteiger charge is -2.15. The van der Waals surface area contributed by atoms with Crippen LogP contribution >= 0.6 is 0 Å². The summed E-state index contributed by atoms with van der Waals surface area (Å²) in [6.07, 6.45) is 3.60. The van der Waals surface area contributed by atoms with Crippen LogP contribution in [0.25, 0.3) is 11.3 Å². The minimum atomic E-state index is -0.528. The number of anilines is 1. The highest BCUT2D eigenvalue weighted by Crippen LogP contribution is 2.32. The molecule has 3 N–H and O–H groups in total. The molecule has 2 aromatic rings. The van der Waals surface area contributed by atoms with Crippen LogP contribution in [-0.4, -0.2) is 24.0 Å². The third kappa shape index (κ3) is 5.38. The summed E-state index contributed by atoms with van der Waals surface area (Å²) in [5.41, 5.74) is 7.27. The molecule has 6 nitrogen and oxygen atoms in total. The normalized spacial score (nSPS) is 11.5. The molecule has 1 amide bonds. The zero-order valence-corrected chi connectivity index (χ0v) is 15.0. The van der Waals surface area contributed by atoms with E-state index in [0.29, 0.717) is 29.5 Å². The Morgan fingerprint density at radius 3 is 2.62 bits per heavy atom. The molecule has 2 rings (SSSR count). The summed E-state index contributed by atoms with van der Waals surface area (Å²) >= 11 is 0. The minimum absolute atomic E-state index is 0.205. The van der Waals surface area contributed by atoms with Gasteiger partial charge in [-0.1, -0.05) is 27.7 Å². The number of nitrogens with one attached hydrogen (secondary N) is 1. The second kappa shape index (κ2) is 9.72. The largest absolute Gasteiger partial charge is 0.496 e. The first kappa shape index (κ1) is 19.7. The van der Waals surface area contributed by atoms with Gasteiger partial charge in [-0.2, -0.15) is 0 Å². The lowest BCUT2D eigenvalue weighted by atomic mass is 10.0. The molecule has 0 spiro atoms. The summed E-state index contributed by atoms with van der Waals surface area (Å²) in [4.78, 5) is 15.9. The van der Waals surface area contributed by atoms with Crippen LogP contribution < -0.4 is 15.8 Å². The topological polar surface area (TPSA) is 90.4 Å². The van der Waals surface area contributed by atoms with Crippen molar-refractivity contribution in [2.24, 2.45) is 11.7 Å². The molecule has 0 saturated heterocycles. The van der Waals surface area contributed by atoms with Gasteiger partial charge >= 0.3 is 0 Å². The molecule has 0 fully saturated rings. The van der Waals surface area contributed by atoms with E-state index in [4.69, 9.17) is 14.9 Å². The number of hydrogen-bond donors (Lipinski definition) is 2. The zero-order valence-electron chi connectivity index (χ0n) is 15.0. The highest BCUT2D eigenvalue weighted by molar-refractivity contribution is 5.95. The Morgan fingerprint density at radius 1 is 1.38 bits per heavy atom. The highest BCUT2D eigenvalue weighted by Gasteiger charge is 2.16. The molecule has 132 valence electrons. The molecule has 1 aromatic heterocycles. The number of nitrogens with two attached hydrogens (primary N) is 1. The number of methoxy groups -OCH3 is 1. The molecule has 1 aromatic carbocycles. The van der Waals surface area contributed by atoms with Gasteiger partial charge in [-0.3, -0.25) is 4.79 Å². The number of aromatic nitrogens is 1. The Morgan fingerprint density at radius 2 is 2.08 bits per heavy atom. The maximum Gasteiger partial charge on any atom is 0.241 e. The van der Waals surface area contributed by atoms with Crippen molar-refractivity contribution in [1.29, 1.82) is 0 Å². The second-order valence-electron chi connectivity index (χ2n) is 5.51. The van der Waals surface area contributed by atoms with E-state index in [-0.39, 0.29) is 5.91 Å². The predicted octanol–water partition coefficient (Wildman–Crippen LogP) is 3.69. The van der Waals surface area contributed by atoms with E-state index < -0.39 is 6.04 Å². The molecule has 6 heteroatoms. The van der Waals surface area contributed by atoms with Crippen molar-refractivity contribution in [2.45, 2.75) is 40.2 Å². The Labute approximate surface area is 143 Å². The van der Waals surface area contributed by atoms with Gasteiger partial charge in [0, 0.05) is 11.8 Å². The van der Waals surface area contributed by atoms with Crippen LogP contribution in [0, 0.1) is 5.92 Å². The van der Waals surface area contributed by atoms with Crippen molar-refractivity contribution in [3.05, 3.63) is 30.8 Å². The Bertz CT molecular complexity index is 624. The fourth-order valence-corrected chi connectivity index (χ4v) is 2.17. The van der Waals surface area contributed by atoms with Crippen LogP contribution in [0.1, 0.15) is 34.1 Å². The van der Waals surface area contributed by atoms with Gasteiger partial charge in [0.25, 0.3) is 0 Å². The van der Waals surface area contributed by atoms with Gasteiger partial charge in [0.2, 0.25) is 5.91 Å².